The van der Waals surface area contributed by atoms with E-state index < -0.39 is 5.44 Å². The summed E-state index contributed by atoms with van der Waals surface area (Å²) in [7, 11) is 0. The molecule has 1 aromatic rings. The largest absolute Gasteiger partial charge is 0.357 e. The zero-order valence-electron chi connectivity index (χ0n) is 12.0. The van der Waals surface area contributed by atoms with Gasteiger partial charge in [-0.3, -0.25) is 14.5 Å². The van der Waals surface area contributed by atoms with Crippen LogP contribution in [0.15, 0.2) is 30.3 Å². The van der Waals surface area contributed by atoms with Gasteiger partial charge in [0.05, 0.1) is 26.4 Å². The first-order valence-electron chi connectivity index (χ1n) is 7.15. The number of hydrogen-bond acceptors (Lipinski definition) is 6. The number of nitrogens with zero attached hydrogens (tertiary/aromatic N) is 1. The fraction of sp³-hybridized carbons (Fsp3) is 0.467. The van der Waals surface area contributed by atoms with E-state index in [0.717, 1.165) is 17.3 Å². The van der Waals surface area contributed by atoms with Crippen molar-refractivity contribution in [1.29, 1.82) is 0 Å². The number of carbonyl (C=O) groups is 2. The van der Waals surface area contributed by atoms with Gasteiger partial charge in [0, 0.05) is 6.42 Å². The Labute approximate surface area is 132 Å². The second-order valence-electron chi connectivity index (χ2n) is 4.96. The Bertz CT molecular complexity index is 532. The Morgan fingerprint density at radius 3 is 2.64 bits per heavy atom. The van der Waals surface area contributed by atoms with Crippen LogP contribution in [0, 0.1) is 0 Å². The molecular weight excluding hydrogens is 306 g/mol. The van der Waals surface area contributed by atoms with Gasteiger partial charge < -0.3 is 14.2 Å². The first-order valence-corrected chi connectivity index (χ1v) is 8.03. The zero-order valence-corrected chi connectivity index (χ0v) is 12.8. The van der Waals surface area contributed by atoms with E-state index in [1.165, 1.54) is 4.90 Å². The van der Waals surface area contributed by atoms with Crippen LogP contribution in [-0.4, -0.2) is 47.6 Å². The molecular formula is C15H17NO5S. The lowest BCUT2D eigenvalue weighted by Crippen LogP contribution is -2.32. The maximum absolute atomic E-state index is 12.2. The molecule has 3 rings (SSSR count). The third kappa shape index (κ3) is 3.67. The summed E-state index contributed by atoms with van der Waals surface area (Å²) in [4.78, 5) is 25.4. The fourth-order valence-corrected chi connectivity index (χ4v) is 3.14. The highest BCUT2D eigenvalue weighted by atomic mass is 32.2. The van der Waals surface area contributed by atoms with E-state index >= 15 is 0 Å². The van der Waals surface area contributed by atoms with Crippen molar-refractivity contribution in [1.82, 2.24) is 4.90 Å². The molecule has 2 aliphatic rings. The van der Waals surface area contributed by atoms with E-state index in [1.54, 1.807) is 0 Å². The number of rotatable bonds is 6. The number of benzene rings is 1. The average Bonchev–Trinajstić information content (AvgIpc) is 3.13. The molecule has 0 saturated carbocycles. The third-order valence-electron chi connectivity index (χ3n) is 3.39. The predicted molar refractivity (Wildman–Crippen MR) is 80.0 cm³/mol. The van der Waals surface area contributed by atoms with Crippen molar-refractivity contribution in [3.63, 3.8) is 0 Å². The lowest BCUT2D eigenvalue weighted by molar-refractivity contribution is -0.135. The van der Waals surface area contributed by atoms with Gasteiger partial charge in [0.25, 0.3) is 11.1 Å². The lowest BCUT2D eigenvalue weighted by atomic mass is 10.2. The summed E-state index contributed by atoms with van der Waals surface area (Å²) in [6, 6.07) is 9.42. The second kappa shape index (κ2) is 7.23. The topological polar surface area (TPSA) is 65.1 Å². The van der Waals surface area contributed by atoms with Crippen molar-refractivity contribution < 1.29 is 23.8 Å². The number of imide groups is 1. The fourth-order valence-electron chi connectivity index (χ4n) is 2.28. The van der Waals surface area contributed by atoms with Crippen LogP contribution in [0.2, 0.25) is 0 Å². The van der Waals surface area contributed by atoms with E-state index in [1.807, 2.05) is 30.3 Å². The van der Waals surface area contributed by atoms with Crippen LogP contribution in [-0.2, 0) is 25.5 Å². The van der Waals surface area contributed by atoms with Gasteiger partial charge in [0.1, 0.15) is 0 Å². The van der Waals surface area contributed by atoms with Gasteiger partial charge in [0.2, 0.25) is 0 Å². The minimum absolute atomic E-state index is 0.266. The predicted octanol–water partition coefficient (Wildman–Crippen LogP) is 1.99. The molecule has 0 bridgehead atoms. The minimum atomic E-state index is -0.766. The van der Waals surface area contributed by atoms with E-state index in [2.05, 4.69) is 0 Å². The van der Waals surface area contributed by atoms with Gasteiger partial charge in [-0.25, -0.2) is 0 Å². The highest BCUT2D eigenvalue weighted by molar-refractivity contribution is 8.15. The molecule has 1 atom stereocenters. The number of hydrogen-bond donors (Lipinski definition) is 0. The van der Waals surface area contributed by atoms with Crippen molar-refractivity contribution in [3.05, 3.63) is 35.9 Å². The summed E-state index contributed by atoms with van der Waals surface area (Å²) < 4.78 is 16.1. The molecule has 2 fully saturated rings. The minimum Gasteiger partial charge on any atom is -0.357 e. The van der Waals surface area contributed by atoms with Crippen molar-refractivity contribution in [2.45, 2.75) is 24.7 Å². The van der Waals surface area contributed by atoms with Crippen molar-refractivity contribution in [2.75, 3.05) is 19.8 Å². The molecule has 0 aromatic heterocycles. The Hall–Kier alpha value is -1.41. The average molecular weight is 323 g/mol. The molecule has 1 unspecified atom stereocenters. The first-order chi connectivity index (χ1) is 10.7. The Balaban J connectivity index is 1.50. The van der Waals surface area contributed by atoms with Crippen molar-refractivity contribution in [3.8, 4) is 0 Å². The van der Waals surface area contributed by atoms with Crippen LogP contribution >= 0.6 is 11.8 Å². The van der Waals surface area contributed by atoms with E-state index in [9.17, 15) is 9.59 Å². The van der Waals surface area contributed by atoms with Crippen molar-refractivity contribution >= 4 is 22.9 Å². The molecule has 22 heavy (non-hydrogen) atoms. The van der Waals surface area contributed by atoms with Gasteiger partial charge >= 0.3 is 0 Å². The summed E-state index contributed by atoms with van der Waals surface area (Å²) in [5.41, 5.74) is 0.149. The standard InChI is InChI=1S/C15H17NO5S/c17-13-14(21-7-6-12-19-8-9-20-12)22-15(18)16(13)10-11-4-2-1-3-5-11/h1-5,12,14H,6-10H2. The third-order valence-corrected chi connectivity index (χ3v) is 4.37. The highest BCUT2D eigenvalue weighted by Crippen LogP contribution is 2.29. The molecule has 6 nitrogen and oxygen atoms in total. The smallest absolute Gasteiger partial charge is 0.291 e. The maximum Gasteiger partial charge on any atom is 0.291 e. The SMILES string of the molecule is O=C1SC(OCCC2OCCO2)C(=O)N1Cc1ccccc1. The molecule has 7 heteroatoms. The van der Waals surface area contributed by atoms with Gasteiger partial charge in [0.15, 0.2) is 11.7 Å². The Morgan fingerprint density at radius 1 is 1.18 bits per heavy atom. The summed E-state index contributed by atoms with van der Waals surface area (Å²) in [6.07, 6.45) is 0.287. The van der Waals surface area contributed by atoms with E-state index in [0.29, 0.717) is 26.2 Å². The molecule has 2 aliphatic heterocycles. The normalized spacial score (nSPS) is 22.7. The molecule has 0 radical (unpaired) electrons. The van der Waals surface area contributed by atoms with Crippen LogP contribution in [0.25, 0.3) is 0 Å². The van der Waals surface area contributed by atoms with Gasteiger partial charge in [-0.05, 0) is 17.3 Å². The molecule has 2 amide bonds. The van der Waals surface area contributed by atoms with Crippen LogP contribution in [0.4, 0.5) is 4.79 Å². The molecule has 118 valence electrons. The van der Waals surface area contributed by atoms with Crippen LogP contribution in [0.3, 0.4) is 0 Å². The number of ether oxygens (including phenoxy) is 3. The second-order valence-corrected chi connectivity index (χ2v) is 5.97. The number of amides is 2. The summed E-state index contributed by atoms with van der Waals surface area (Å²) >= 11 is 0.917. The van der Waals surface area contributed by atoms with Gasteiger partial charge in [-0.2, -0.15) is 0 Å². The van der Waals surface area contributed by atoms with Gasteiger partial charge in [-0.15, -0.1) is 0 Å². The van der Waals surface area contributed by atoms with Crippen LogP contribution in [0.1, 0.15) is 12.0 Å². The van der Waals surface area contributed by atoms with Crippen molar-refractivity contribution in [2.24, 2.45) is 0 Å². The van der Waals surface area contributed by atoms with E-state index in [-0.39, 0.29) is 24.0 Å². The van der Waals surface area contributed by atoms with Crippen LogP contribution in [0.5, 0.6) is 0 Å². The molecule has 0 spiro atoms. The van der Waals surface area contributed by atoms with Gasteiger partial charge in [-0.1, -0.05) is 30.3 Å². The molecule has 1 aromatic carbocycles. The quantitative estimate of drug-likeness (QED) is 0.798. The molecule has 2 saturated heterocycles. The summed E-state index contributed by atoms with van der Waals surface area (Å²) in [5, 5.41) is -0.271. The Morgan fingerprint density at radius 2 is 1.91 bits per heavy atom. The zero-order chi connectivity index (χ0) is 15.4. The first kappa shape index (κ1) is 15.5. The monoisotopic (exact) mass is 323 g/mol. The summed E-state index contributed by atoms with van der Waals surface area (Å²) in [6.45, 7) is 1.77. The van der Waals surface area contributed by atoms with E-state index in [4.69, 9.17) is 14.2 Å². The highest BCUT2D eigenvalue weighted by Gasteiger charge is 2.40. The maximum atomic E-state index is 12.2. The number of thioether (sulfide) groups is 1. The summed E-state index contributed by atoms with van der Waals surface area (Å²) in [5.74, 6) is -0.299. The number of carbonyl (C=O) groups excluding carboxylic acids is 2. The Kier molecular flexibility index (Phi) is 5.09. The molecule has 2 heterocycles. The lowest BCUT2D eigenvalue weighted by Gasteiger charge is -2.14. The van der Waals surface area contributed by atoms with Crippen LogP contribution < -0.4 is 0 Å². The molecule has 0 N–H and O–H groups in total. The molecule has 0 aliphatic carbocycles.